The summed E-state index contributed by atoms with van der Waals surface area (Å²) >= 11 is 7.60. The molecule has 0 bridgehead atoms. The van der Waals surface area contributed by atoms with Gasteiger partial charge in [-0.3, -0.25) is 14.5 Å². The summed E-state index contributed by atoms with van der Waals surface area (Å²) in [5.74, 6) is 0.773. The van der Waals surface area contributed by atoms with E-state index < -0.39 is 0 Å². The molecule has 6 nitrogen and oxygen atoms in total. The lowest BCUT2D eigenvalue weighted by atomic mass is 10.2. The van der Waals surface area contributed by atoms with E-state index in [4.69, 9.17) is 22.3 Å². The van der Waals surface area contributed by atoms with E-state index in [2.05, 4.69) is 36.0 Å². The van der Waals surface area contributed by atoms with Crippen LogP contribution in [0.1, 0.15) is 18.0 Å². The number of hydrogen-bond donors (Lipinski definition) is 0. The Morgan fingerprint density at radius 1 is 1.03 bits per heavy atom. The molecule has 0 N–H and O–H groups in total. The zero-order valence-electron chi connectivity index (χ0n) is 17.8. The highest BCUT2D eigenvalue weighted by Gasteiger charge is 2.20. The third-order valence-electron chi connectivity index (χ3n) is 5.46. The van der Waals surface area contributed by atoms with Crippen molar-refractivity contribution in [2.24, 2.45) is 0 Å². The van der Waals surface area contributed by atoms with Gasteiger partial charge in [0.1, 0.15) is 5.01 Å². The van der Waals surface area contributed by atoms with E-state index in [1.165, 1.54) is 4.70 Å². The van der Waals surface area contributed by atoms with E-state index in [-0.39, 0.29) is 6.04 Å². The topological polar surface area (TPSA) is 51.8 Å². The molecule has 2 aromatic carbocycles. The minimum absolute atomic E-state index is 0.123. The molecule has 1 atom stereocenters. The van der Waals surface area contributed by atoms with Crippen molar-refractivity contribution in [2.45, 2.75) is 19.6 Å². The summed E-state index contributed by atoms with van der Waals surface area (Å²) in [5, 5.41) is 5.97. The summed E-state index contributed by atoms with van der Waals surface area (Å²) in [4.78, 5) is 11.3. The first-order chi connectivity index (χ1) is 15.6. The van der Waals surface area contributed by atoms with Gasteiger partial charge in [0.25, 0.3) is 0 Å². The van der Waals surface area contributed by atoms with Gasteiger partial charge in [0.15, 0.2) is 5.82 Å². The maximum atomic E-state index is 5.87. The molecular formula is C24H22N6S2. The SMILES string of the molecule is CC(c1nc2ccccc2s1)N(C)Cn1nc(-c2cccnc2)n(-c2ccccc2)c1=S. The van der Waals surface area contributed by atoms with Gasteiger partial charge in [0.2, 0.25) is 4.77 Å². The van der Waals surface area contributed by atoms with Crippen LogP contribution >= 0.6 is 23.6 Å². The van der Waals surface area contributed by atoms with Crippen molar-refractivity contribution in [2.75, 3.05) is 7.05 Å². The number of thiazole rings is 1. The van der Waals surface area contributed by atoms with Crippen LogP contribution in [0.25, 0.3) is 27.3 Å². The summed E-state index contributed by atoms with van der Waals surface area (Å²) < 4.78 is 5.71. The molecule has 0 amide bonds. The van der Waals surface area contributed by atoms with Gasteiger partial charge in [-0.15, -0.1) is 16.4 Å². The lowest BCUT2D eigenvalue weighted by molar-refractivity contribution is 0.194. The highest BCUT2D eigenvalue weighted by molar-refractivity contribution is 7.71. The van der Waals surface area contributed by atoms with E-state index in [1.807, 2.05) is 70.0 Å². The molecule has 0 saturated heterocycles. The minimum Gasteiger partial charge on any atom is -0.278 e. The molecule has 3 heterocycles. The van der Waals surface area contributed by atoms with Gasteiger partial charge in [-0.1, -0.05) is 30.3 Å². The number of aromatic nitrogens is 5. The van der Waals surface area contributed by atoms with E-state index in [0.29, 0.717) is 11.4 Å². The predicted molar refractivity (Wildman–Crippen MR) is 131 cm³/mol. The zero-order chi connectivity index (χ0) is 22.1. The molecule has 0 aliphatic heterocycles. The van der Waals surface area contributed by atoms with Gasteiger partial charge < -0.3 is 0 Å². The van der Waals surface area contributed by atoms with Gasteiger partial charge in [-0.25, -0.2) is 9.67 Å². The van der Waals surface area contributed by atoms with E-state index in [9.17, 15) is 0 Å². The maximum absolute atomic E-state index is 5.87. The molecule has 1 unspecified atom stereocenters. The largest absolute Gasteiger partial charge is 0.278 e. The Morgan fingerprint density at radius 2 is 1.81 bits per heavy atom. The highest BCUT2D eigenvalue weighted by Crippen LogP contribution is 2.29. The molecule has 5 rings (SSSR count). The van der Waals surface area contributed by atoms with Crippen molar-refractivity contribution in [1.82, 2.24) is 29.2 Å². The van der Waals surface area contributed by atoms with Gasteiger partial charge in [-0.05, 0) is 62.6 Å². The number of rotatable bonds is 6. The Hall–Kier alpha value is -3.20. The van der Waals surface area contributed by atoms with Crippen LogP contribution in [0.4, 0.5) is 0 Å². The molecule has 32 heavy (non-hydrogen) atoms. The zero-order valence-corrected chi connectivity index (χ0v) is 19.4. The minimum atomic E-state index is 0.123. The van der Waals surface area contributed by atoms with Crippen molar-refractivity contribution in [3.8, 4) is 17.1 Å². The summed E-state index contributed by atoms with van der Waals surface area (Å²) in [7, 11) is 2.07. The molecule has 3 aromatic heterocycles. The normalized spacial score (nSPS) is 12.5. The smallest absolute Gasteiger partial charge is 0.204 e. The van der Waals surface area contributed by atoms with Gasteiger partial charge in [0.05, 0.1) is 22.9 Å². The van der Waals surface area contributed by atoms with Crippen LogP contribution < -0.4 is 0 Å². The Labute approximate surface area is 195 Å². The van der Waals surface area contributed by atoms with Crippen LogP contribution in [-0.2, 0) is 6.67 Å². The van der Waals surface area contributed by atoms with Crippen LogP contribution in [0.2, 0.25) is 0 Å². The van der Waals surface area contributed by atoms with E-state index in [0.717, 1.165) is 27.6 Å². The first kappa shape index (κ1) is 20.7. The molecule has 0 spiro atoms. The van der Waals surface area contributed by atoms with Crippen LogP contribution in [0.15, 0.2) is 79.1 Å². The van der Waals surface area contributed by atoms with Crippen LogP contribution in [0, 0.1) is 4.77 Å². The second-order valence-corrected chi connectivity index (χ2v) is 9.04. The van der Waals surface area contributed by atoms with Crippen molar-refractivity contribution in [3.05, 3.63) is 88.9 Å². The average molecular weight is 459 g/mol. The molecule has 0 fully saturated rings. The Bertz CT molecular complexity index is 1370. The number of nitrogens with zero attached hydrogens (tertiary/aromatic N) is 6. The standard InChI is InChI=1S/C24H22N6S2/c1-17(23-26-20-12-6-7-13-21(20)32-23)28(2)16-29-24(31)30(19-10-4-3-5-11-19)22(27-29)18-9-8-14-25-15-18/h3-15,17H,16H2,1-2H3. The Kier molecular flexibility index (Phi) is 5.65. The molecule has 160 valence electrons. The fourth-order valence-electron chi connectivity index (χ4n) is 3.58. The summed E-state index contributed by atoms with van der Waals surface area (Å²) in [5.41, 5.74) is 2.93. The quantitative estimate of drug-likeness (QED) is 0.304. The number of para-hydroxylation sites is 2. The third-order valence-corrected chi connectivity index (χ3v) is 7.06. The number of pyridine rings is 1. The van der Waals surface area contributed by atoms with Gasteiger partial charge in [0, 0.05) is 23.6 Å². The molecule has 0 radical (unpaired) electrons. The summed E-state index contributed by atoms with van der Waals surface area (Å²) in [6.07, 6.45) is 3.57. The van der Waals surface area contributed by atoms with Crippen molar-refractivity contribution in [1.29, 1.82) is 0 Å². The second kappa shape index (κ2) is 8.74. The van der Waals surface area contributed by atoms with Crippen LogP contribution in [0.5, 0.6) is 0 Å². The molecule has 0 saturated carbocycles. The number of hydrogen-bond acceptors (Lipinski definition) is 6. The Morgan fingerprint density at radius 3 is 2.56 bits per heavy atom. The summed E-state index contributed by atoms with van der Waals surface area (Å²) in [6, 6.07) is 22.4. The predicted octanol–water partition coefficient (Wildman–Crippen LogP) is 5.73. The van der Waals surface area contributed by atoms with E-state index in [1.54, 1.807) is 17.5 Å². The highest BCUT2D eigenvalue weighted by atomic mass is 32.1. The third kappa shape index (κ3) is 3.88. The first-order valence-electron chi connectivity index (χ1n) is 10.3. The van der Waals surface area contributed by atoms with Crippen molar-refractivity contribution in [3.63, 3.8) is 0 Å². The Balaban J connectivity index is 1.51. The number of benzene rings is 2. The van der Waals surface area contributed by atoms with E-state index >= 15 is 0 Å². The molecular weight excluding hydrogens is 436 g/mol. The molecule has 0 aliphatic carbocycles. The molecule has 0 aliphatic rings. The van der Waals surface area contributed by atoms with Crippen LogP contribution in [0.3, 0.4) is 0 Å². The fourth-order valence-corrected chi connectivity index (χ4v) is 4.96. The lowest BCUT2D eigenvalue weighted by Gasteiger charge is -2.22. The monoisotopic (exact) mass is 458 g/mol. The summed E-state index contributed by atoms with van der Waals surface area (Å²) in [6.45, 7) is 2.71. The van der Waals surface area contributed by atoms with Crippen LogP contribution in [-0.4, -0.2) is 36.3 Å². The fraction of sp³-hybridized carbons (Fsp3) is 0.167. The first-order valence-corrected chi connectivity index (χ1v) is 11.6. The average Bonchev–Trinajstić information content (AvgIpc) is 3.41. The lowest BCUT2D eigenvalue weighted by Crippen LogP contribution is -2.26. The van der Waals surface area contributed by atoms with Crippen molar-refractivity contribution < 1.29 is 0 Å². The molecule has 8 heteroatoms. The van der Waals surface area contributed by atoms with Gasteiger partial charge >= 0.3 is 0 Å². The van der Waals surface area contributed by atoms with Gasteiger partial charge in [-0.2, -0.15) is 0 Å². The number of fused-ring (bicyclic) bond motifs is 1. The van der Waals surface area contributed by atoms with Crippen molar-refractivity contribution >= 4 is 33.8 Å². The second-order valence-electron chi connectivity index (χ2n) is 7.61. The maximum Gasteiger partial charge on any atom is 0.204 e. The molecule has 5 aromatic rings.